The minimum absolute atomic E-state index is 0.190. The van der Waals surface area contributed by atoms with Crippen molar-refractivity contribution in [3.63, 3.8) is 0 Å². The number of hydrogen-bond donors (Lipinski definition) is 2. The number of carbonyl (C=O) groups excluding carboxylic acids is 1. The van der Waals surface area contributed by atoms with Crippen LogP contribution in [0.15, 0.2) is 24.3 Å². The molecular weight excluding hydrogens is 370 g/mol. The number of amides is 1. The van der Waals surface area contributed by atoms with Crippen molar-refractivity contribution in [1.29, 1.82) is 0 Å². The van der Waals surface area contributed by atoms with Gasteiger partial charge < -0.3 is 10.4 Å². The SMILES string of the molecule is CCCCCCCCCCCCCCCCCC(=O)NCCCc1ccc(O)cc1. The summed E-state index contributed by atoms with van der Waals surface area (Å²) in [5.41, 5.74) is 1.20. The predicted octanol–water partition coefficient (Wildman–Crippen LogP) is 7.70. The molecule has 0 saturated heterocycles. The number of rotatable bonds is 20. The Kier molecular flexibility index (Phi) is 17.2. The summed E-state index contributed by atoms with van der Waals surface area (Å²) in [6.45, 7) is 3.01. The molecule has 30 heavy (non-hydrogen) atoms. The lowest BCUT2D eigenvalue weighted by Crippen LogP contribution is -2.24. The summed E-state index contributed by atoms with van der Waals surface area (Å²) in [6.07, 6.45) is 22.8. The largest absolute Gasteiger partial charge is 0.508 e. The van der Waals surface area contributed by atoms with E-state index in [0.29, 0.717) is 12.2 Å². The molecular formula is C27H47NO2. The molecule has 172 valence electrons. The van der Waals surface area contributed by atoms with E-state index >= 15 is 0 Å². The van der Waals surface area contributed by atoms with Gasteiger partial charge in [0, 0.05) is 13.0 Å². The van der Waals surface area contributed by atoms with E-state index in [2.05, 4.69) is 12.2 Å². The van der Waals surface area contributed by atoms with E-state index in [-0.39, 0.29) is 5.91 Å². The fourth-order valence-corrected chi connectivity index (χ4v) is 3.93. The van der Waals surface area contributed by atoms with E-state index in [1.54, 1.807) is 12.1 Å². The molecule has 0 unspecified atom stereocenters. The molecule has 0 atom stereocenters. The van der Waals surface area contributed by atoms with E-state index in [1.165, 1.54) is 95.5 Å². The topological polar surface area (TPSA) is 49.3 Å². The van der Waals surface area contributed by atoms with Gasteiger partial charge in [-0.25, -0.2) is 0 Å². The van der Waals surface area contributed by atoms with Crippen LogP contribution in [-0.2, 0) is 11.2 Å². The number of benzene rings is 1. The average Bonchev–Trinajstić information content (AvgIpc) is 2.75. The molecule has 0 fully saturated rings. The van der Waals surface area contributed by atoms with Crippen molar-refractivity contribution < 1.29 is 9.90 Å². The molecule has 0 radical (unpaired) electrons. The third-order valence-electron chi connectivity index (χ3n) is 5.91. The number of aromatic hydroxyl groups is 1. The lowest BCUT2D eigenvalue weighted by atomic mass is 10.0. The van der Waals surface area contributed by atoms with Gasteiger partial charge in [-0.1, -0.05) is 109 Å². The zero-order chi connectivity index (χ0) is 21.7. The summed E-state index contributed by atoms with van der Waals surface area (Å²) in [6, 6.07) is 7.30. The summed E-state index contributed by atoms with van der Waals surface area (Å²) >= 11 is 0. The number of carbonyl (C=O) groups is 1. The predicted molar refractivity (Wildman–Crippen MR) is 129 cm³/mol. The highest BCUT2D eigenvalue weighted by Gasteiger charge is 2.01. The summed E-state index contributed by atoms with van der Waals surface area (Å²) in [5, 5.41) is 12.3. The van der Waals surface area contributed by atoms with Crippen LogP contribution in [0, 0.1) is 0 Å². The smallest absolute Gasteiger partial charge is 0.219 e. The van der Waals surface area contributed by atoms with Gasteiger partial charge in [-0.3, -0.25) is 4.79 Å². The lowest BCUT2D eigenvalue weighted by Gasteiger charge is -2.06. The number of phenols is 1. The van der Waals surface area contributed by atoms with E-state index in [1.807, 2.05) is 12.1 Å². The van der Waals surface area contributed by atoms with Gasteiger partial charge in [-0.2, -0.15) is 0 Å². The first-order valence-corrected chi connectivity index (χ1v) is 12.8. The van der Waals surface area contributed by atoms with Gasteiger partial charge in [-0.15, -0.1) is 0 Å². The minimum Gasteiger partial charge on any atom is -0.508 e. The number of hydrogen-bond acceptors (Lipinski definition) is 2. The summed E-state index contributed by atoms with van der Waals surface area (Å²) < 4.78 is 0. The van der Waals surface area contributed by atoms with Crippen LogP contribution in [0.1, 0.15) is 122 Å². The molecule has 1 rings (SSSR count). The summed E-state index contributed by atoms with van der Waals surface area (Å²) in [7, 11) is 0. The second kappa shape index (κ2) is 19.5. The normalized spacial score (nSPS) is 11.0. The van der Waals surface area contributed by atoms with E-state index < -0.39 is 0 Å². The minimum atomic E-state index is 0.190. The van der Waals surface area contributed by atoms with Crippen molar-refractivity contribution in [3.8, 4) is 5.75 Å². The molecule has 2 N–H and O–H groups in total. The van der Waals surface area contributed by atoms with Gasteiger partial charge in [0.2, 0.25) is 5.91 Å². The van der Waals surface area contributed by atoms with E-state index in [4.69, 9.17) is 0 Å². The molecule has 0 bridgehead atoms. The first-order valence-electron chi connectivity index (χ1n) is 12.8. The quantitative estimate of drug-likeness (QED) is 0.213. The van der Waals surface area contributed by atoms with E-state index in [0.717, 1.165) is 25.8 Å². The first-order chi connectivity index (χ1) is 14.7. The molecule has 0 aliphatic heterocycles. The number of nitrogens with one attached hydrogen (secondary N) is 1. The Morgan fingerprint density at radius 1 is 0.700 bits per heavy atom. The Morgan fingerprint density at radius 3 is 1.67 bits per heavy atom. The molecule has 0 aromatic heterocycles. The van der Waals surface area contributed by atoms with Crippen molar-refractivity contribution in [2.45, 2.75) is 122 Å². The Labute approximate surface area is 186 Å². The zero-order valence-corrected chi connectivity index (χ0v) is 19.6. The van der Waals surface area contributed by atoms with Crippen LogP contribution < -0.4 is 5.32 Å². The van der Waals surface area contributed by atoms with Crippen molar-refractivity contribution in [2.75, 3.05) is 6.54 Å². The Morgan fingerprint density at radius 2 is 1.17 bits per heavy atom. The van der Waals surface area contributed by atoms with Gasteiger partial charge in [0.1, 0.15) is 5.75 Å². The molecule has 0 saturated carbocycles. The van der Waals surface area contributed by atoms with E-state index in [9.17, 15) is 9.90 Å². The van der Waals surface area contributed by atoms with Gasteiger partial charge in [0.05, 0.1) is 0 Å². The van der Waals surface area contributed by atoms with Gasteiger partial charge in [0.15, 0.2) is 0 Å². The third kappa shape index (κ3) is 16.3. The van der Waals surface area contributed by atoms with Crippen molar-refractivity contribution in [3.05, 3.63) is 29.8 Å². The summed E-state index contributed by atoms with van der Waals surface area (Å²) in [5.74, 6) is 0.492. The average molecular weight is 418 g/mol. The van der Waals surface area contributed by atoms with Gasteiger partial charge in [0.25, 0.3) is 0 Å². The molecule has 0 heterocycles. The van der Waals surface area contributed by atoms with Gasteiger partial charge >= 0.3 is 0 Å². The number of phenolic OH excluding ortho intramolecular Hbond substituents is 1. The maximum Gasteiger partial charge on any atom is 0.219 e. The van der Waals surface area contributed by atoms with Crippen LogP contribution in [0.3, 0.4) is 0 Å². The number of aryl methyl sites for hydroxylation is 1. The molecule has 3 heteroatoms. The second-order valence-corrected chi connectivity index (χ2v) is 8.82. The highest BCUT2D eigenvalue weighted by Crippen LogP contribution is 2.14. The maximum atomic E-state index is 11.9. The standard InChI is InChI=1S/C27H47NO2/c1-2-3-4-5-6-7-8-9-10-11-12-13-14-15-16-19-27(30)28-24-17-18-25-20-22-26(29)23-21-25/h20-23,29H,2-19,24H2,1H3,(H,28,30). The highest BCUT2D eigenvalue weighted by molar-refractivity contribution is 5.75. The van der Waals surface area contributed by atoms with Crippen LogP contribution in [0.25, 0.3) is 0 Å². The molecule has 0 aliphatic rings. The maximum absolute atomic E-state index is 11.9. The van der Waals surface area contributed by atoms with Crippen LogP contribution in [0.5, 0.6) is 5.75 Å². The highest BCUT2D eigenvalue weighted by atomic mass is 16.3. The van der Waals surface area contributed by atoms with Crippen LogP contribution in [-0.4, -0.2) is 17.6 Å². The van der Waals surface area contributed by atoms with Crippen LogP contribution >= 0.6 is 0 Å². The Bertz CT molecular complexity index is 512. The molecule has 1 aromatic carbocycles. The molecule has 3 nitrogen and oxygen atoms in total. The molecule has 1 aromatic rings. The second-order valence-electron chi connectivity index (χ2n) is 8.82. The zero-order valence-electron chi connectivity index (χ0n) is 19.6. The Balaban J connectivity index is 1.78. The fourth-order valence-electron chi connectivity index (χ4n) is 3.93. The van der Waals surface area contributed by atoms with Gasteiger partial charge in [-0.05, 0) is 37.0 Å². The third-order valence-corrected chi connectivity index (χ3v) is 5.91. The Hall–Kier alpha value is -1.51. The van der Waals surface area contributed by atoms with Crippen LogP contribution in [0.2, 0.25) is 0 Å². The first kappa shape index (κ1) is 26.5. The number of unbranched alkanes of at least 4 members (excludes halogenated alkanes) is 14. The molecule has 1 amide bonds. The van der Waals surface area contributed by atoms with Crippen LogP contribution in [0.4, 0.5) is 0 Å². The van der Waals surface area contributed by atoms with Crippen molar-refractivity contribution in [2.24, 2.45) is 0 Å². The molecule has 0 spiro atoms. The molecule has 0 aliphatic carbocycles. The lowest BCUT2D eigenvalue weighted by molar-refractivity contribution is -0.121. The van der Waals surface area contributed by atoms with Crippen molar-refractivity contribution >= 4 is 5.91 Å². The van der Waals surface area contributed by atoms with Crippen molar-refractivity contribution in [1.82, 2.24) is 5.32 Å². The monoisotopic (exact) mass is 417 g/mol. The summed E-state index contributed by atoms with van der Waals surface area (Å²) in [4.78, 5) is 11.9. The fraction of sp³-hybridized carbons (Fsp3) is 0.741.